The fraction of sp³-hybridized carbons (Fsp3) is 0.459. The van der Waals surface area contributed by atoms with Crippen molar-refractivity contribution in [2.45, 2.75) is 69.6 Å². The molecule has 0 aromatic heterocycles. The van der Waals surface area contributed by atoms with Crippen molar-refractivity contribution < 1.29 is 19.2 Å². The van der Waals surface area contributed by atoms with Crippen molar-refractivity contribution in [2.75, 3.05) is 32.7 Å². The lowest BCUT2D eigenvalue weighted by Crippen LogP contribution is -2.71. The van der Waals surface area contributed by atoms with Crippen molar-refractivity contribution in [3.05, 3.63) is 107 Å². The zero-order valence-corrected chi connectivity index (χ0v) is 27.4. The van der Waals surface area contributed by atoms with Crippen molar-refractivity contribution in [3.63, 3.8) is 0 Å². The molecule has 1 unspecified atom stereocenters. The minimum atomic E-state index is -0.955. The number of likely N-dealkylation sites (tertiary alicyclic amines) is 2. The number of urea groups is 1. The van der Waals surface area contributed by atoms with Gasteiger partial charge >= 0.3 is 6.03 Å². The second-order valence-corrected chi connectivity index (χ2v) is 13.6. The van der Waals surface area contributed by atoms with Crippen LogP contribution in [0.4, 0.5) is 4.79 Å². The number of nitrogens with one attached hydrogen (secondary N) is 1. The number of rotatable bonds is 10. The number of carbonyl (C=O) groups excluding carboxylic acids is 2. The first-order valence-electron chi connectivity index (χ1n) is 16.4. The molecule has 0 saturated carbocycles. The van der Waals surface area contributed by atoms with E-state index in [1.165, 1.54) is 11.1 Å². The van der Waals surface area contributed by atoms with Gasteiger partial charge in [0.25, 0.3) is 0 Å². The summed E-state index contributed by atoms with van der Waals surface area (Å²) in [6.45, 7) is 7.19. The molecule has 2 aliphatic rings. The minimum absolute atomic E-state index is 0.00471. The first-order chi connectivity index (χ1) is 21.6. The molecule has 45 heavy (non-hydrogen) atoms. The summed E-state index contributed by atoms with van der Waals surface area (Å²) in [6.07, 6.45) is 3.73. The molecule has 5 rings (SSSR count). The maximum absolute atomic E-state index is 14.2. The molecule has 0 spiro atoms. The number of piperidine rings is 2. The van der Waals surface area contributed by atoms with Crippen molar-refractivity contribution in [3.8, 4) is 0 Å². The highest BCUT2D eigenvalue weighted by Gasteiger charge is 2.52. The molecule has 0 bridgehead atoms. The van der Waals surface area contributed by atoms with E-state index in [1.807, 2.05) is 43.3 Å². The van der Waals surface area contributed by atoms with E-state index < -0.39 is 5.60 Å². The highest BCUT2D eigenvalue weighted by molar-refractivity contribution is 6.30. The number of carbonyl (C=O) groups is 2. The number of halogens is 1. The zero-order chi connectivity index (χ0) is 32.1. The number of quaternary nitrogens is 1. The first kappa shape index (κ1) is 33.1. The Labute approximate surface area is 273 Å². The Bertz CT molecular complexity index is 1380. The summed E-state index contributed by atoms with van der Waals surface area (Å²) < 4.78 is 0.247. The second kappa shape index (κ2) is 14.0. The number of nitrogens with two attached hydrogens (primary N) is 1. The maximum Gasteiger partial charge on any atom is 0.417 e. The van der Waals surface area contributed by atoms with Gasteiger partial charge in [-0.25, -0.2) is 9.28 Å². The number of hydrogen-bond donors (Lipinski definition) is 3. The quantitative estimate of drug-likeness (QED) is 0.233. The summed E-state index contributed by atoms with van der Waals surface area (Å²) in [5.74, 6) is -0.506. The Morgan fingerprint density at radius 2 is 1.51 bits per heavy atom. The normalized spacial score (nSPS) is 22.8. The van der Waals surface area contributed by atoms with Crippen LogP contribution in [0.5, 0.6) is 0 Å². The van der Waals surface area contributed by atoms with Gasteiger partial charge in [0.05, 0.1) is 18.7 Å². The minimum Gasteiger partial charge on any atom is -0.385 e. The van der Waals surface area contributed by atoms with Crippen LogP contribution in [0, 0.1) is 5.92 Å². The van der Waals surface area contributed by atoms with E-state index in [4.69, 9.17) is 17.3 Å². The van der Waals surface area contributed by atoms with Crippen molar-refractivity contribution in [1.82, 2.24) is 10.2 Å². The molecule has 2 saturated heterocycles. The molecule has 7 nitrogen and oxygen atoms in total. The molecular weight excluding hydrogens is 584 g/mol. The Kier molecular flexibility index (Phi) is 10.3. The SMILES string of the molecule is CCNC(=O)[N+]1(C(CCC(C)(c2ccccc2)c2ccccc2)N2CCC(O)(c3ccc(Cl)cc3)CC2)CCC(C(N)=O)CC1. The fourth-order valence-corrected chi connectivity index (χ4v) is 7.85. The van der Waals surface area contributed by atoms with Crippen molar-refractivity contribution >= 4 is 23.5 Å². The Morgan fingerprint density at radius 3 is 2.00 bits per heavy atom. The molecule has 3 amide bonds. The molecule has 240 valence electrons. The molecule has 2 heterocycles. The van der Waals surface area contributed by atoms with Gasteiger partial charge in [0.15, 0.2) is 6.17 Å². The molecule has 8 heteroatoms. The van der Waals surface area contributed by atoms with E-state index in [1.54, 1.807) is 0 Å². The third kappa shape index (κ3) is 6.97. The number of aliphatic hydroxyl groups is 1. The lowest BCUT2D eigenvalue weighted by atomic mass is 9.72. The van der Waals surface area contributed by atoms with Crippen LogP contribution in [0.1, 0.15) is 69.1 Å². The highest BCUT2D eigenvalue weighted by Crippen LogP contribution is 2.42. The molecule has 0 aliphatic carbocycles. The molecule has 2 aliphatic heterocycles. The van der Waals surface area contributed by atoms with Gasteiger partial charge in [0.1, 0.15) is 0 Å². The summed E-state index contributed by atoms with van der Waals surface area (Å²) >= 11 is 6.15. The van der Waals surface area contributed by atoms with Crippen LogP contribution >= 0.6 is 11.6 Å². The lowest BCUT2D eigenvalue weighted by Gasteiger charge is -2.52. The van der Waals surface area contributed by atoms with Crippen LogP contribution in [0.15, 0.2) is 84.9 Å². The maximum atomic E-state index is 14.2. The zero-order valence-electron chi connectivity index (χ0n) is 26.6. The van der Waals surface area contributed by atoms with Gasteiger partial charge in [0.2, 0.25) is 5.91 Å². The molecule has 1 atom stereocenters. The van der Waals surface area contributed by atoms with Gasteiger partial charge in [-0.1, -0.05) is 91.3 Å². The van der Waals surface area contributed by atoms with Crippen molar-refractivity contribution in [2.24, 2.45) is 11.7 Å². The number of benzene rings is 3. The molecule has 3 aromatic carbocycles. The largest absolute Gasteiger partial charge is 0.417 e. The second-order valence-electron chi connectivity index (χ2n) is 13.2. The van der Waals surface area contributed by atoms with Gasteiger partial charge in [-0.3, -0.25) is 9.69 Å². The summed E-state index contributed by atoms with van der Waals surface area (Å²) in [6, 6.07) is 28.7. The average Bonchev–Trinajstić information content (AvgIpc) is 3.07. The Hall–Kier alpha value is -3.23. The fourth-order valence-electron chi connectivity index (χ4n) is 7.73. The molecule has 0 radical (unpaired) electrons. The average molecular weight is 632 g/mol. The lowest BCUT2D eigenvalue weighted by molar-refractivity contribution is -0.895. The number of primary amides is 1. The van der Waals surface area contributed by atoms with E-state index in [9.17, 15) is 14.7 Å². The summed E-state index contributed by atoms with van der Waals surface area (Å²) in [7, 11) is 0. The van der Waals surface area contributed by atoms with E-state index >= 15 is 0 Å². The number of nitrogens with zero attached hydrogens (tertiary/aromatic N) is 2. The van der Waals surface area contributed by atoms with Crippen molar-refractivity contribution in [1.29, 1.82) is 0 Å². The van der Waals surface area contributed by atoms with Crippen LogP contribution in [-0.2, 0) is 15.8 Å². The standard InChI is InChI=1S/C37H47ClN4O3/c1-3-40-35(44)42(26-19-28(20-27-42)34(39)43)33(41-24-22-37(45,23-25-41)31-14-16-32(38)17-15-31)18-21-36(2,29-10-6-4-7-11-29)30-12-8-5-9-13-30/h4-17,28,33,45H,3,18-27H2,1-2H3,(H2-,39,40,43,44)/p+1. The summed E-state index contributed by atoms with van der Waals surface area (Å²) in [5.41, 5.74) is 7.87. The Morgan fingerprint density at radius 1 is 0.978 bits per heavy atom. The van der Waals surface area contributed by atoms with E-state index in [2.05, 4.69) is 65.7 Å². The van der Waals surface area contributed by atoms with Gasteiger partial charge in [-0.15, -0.1) is 0 Å². The Balaban J connectivity index is 1.50. The van der Waals surface area contributed by atoms with Crippen LogP contribution in [-0.4, -0.2) is 65.3 Å². The van der Waals surface area contributed by atoms with Gasteiger partial charge in [-0.2, -0.15) is 0 Å². The predicted molar refractivity (Wildman–Crippen MR) is 180 cm³/mol. The highest BCUT2D eigenvalue weighted by atomic mass is 35.5. The van der Waals surface area contributed by atoms with Gasteiger partial charge < -0.3 is 16.2 Å². The smallest absolute Gasteiger partial charge is 0.385 e. The third-order valence-corrected chi connectivity index (χ3v) is 10.9. The third-order valence-electron chi connectivity index (χ3n) is 10.6. The van der Waals surface area contributed by atoms with Crippen LogP contribution in [0.3, 0.4) is 0 Å². The first-order valence-corrected chi connectivity index (χ1v) is 16.8. The summed E-state index contributed by atoms with van der Waals surface area (Å²) in [4.78, 5) is 28.8. The van der Waals surface area contributed by atoms with Crippen LogP contribution in [0.2, 0.25) is 5.02 Å². The predicted octanol–water partition coefficient (Wildman–Crippen LogP) is 6.18. The molecular formula is C37H48ClN4O3+. The summed E-state index contributed by atoms with van der Waals surface area (Å²) in [5, 5.41) is 15.5. The molecule has 4 N–H and O–H groups in total. The van der Waals surface area contributed by atoms with E-state index in [0.29, 0.717) is 63.4 Å². The molecule has 3 aromatic rings. The molecule has 2 fully saturated rings. The van der Waals surface area contributed by atoms with Gasteiger partial charge in [0, 0.05) is 55.3 Å². The van der Waals surface area contributed by atoms with Crippen LogP contribution in [0.25, 0.3) is 0 Å². The topological polar surface area (TPSA) is 95.7 Å². The number of hydrogen-bond acceptors (Lipinski definition) is 4. The van der Waals surface area contributed by atoms with Gasteiger partial charge in [-0.05, 0) is 55.0 Å². The van der Waals surface area contributed by atoms with Crippen LogP contribution < -0.4 is 11.1 Å². The monoisotopic (exact) mass is 631 g/mol. The number of amides is 3. The van der Waals surface area contributed by atoms with E-state index in [0.717, 1.165) is 18.4 Å². The van der Waals surface area contributed by atoms with E-state index in [-0.39, 0.29) is 33.9 Å².